The van der Waals surface area contributed by atoms with Gasteiger partial charge in [0.15, 0.2) is 0 Å². The minimum absolute atomic E-state index is 0.933. The SMILES string of the molecule is Cc1ccccc1Oc1c2c(nc3ccccc13)CCC2. The molecule has 0 unspecified atom stereocenters. The van der Waals surface area contributed by atoms with Gasteiger partial charge in [0, 0.05) is 16.6 Å². The van der Waals surface area contributed by atoms with Gasteiger partial charge in [-0.15, -0.1) is 0 Å². The van der Waals surface area contributed by atoms with Crippen molar-refractivity contribution in [3.63, 3.8) is 0 Å². The number of benzene rings is 2. The van der Waals surface area contributed by atoms with Crippen LogP contribution in [0.2, 0.25) is 0 Å². The van der Waals surface area contributed by atoms with Gasteiger partial charge < -0.3 is 4.74 Å². The van der Waals surface area contributed by atoms with E-state index in [1.54, 1.807) is 0 Å². The molecule has 1 aliphatic carbocycles. The molecule has 0 amide bonds. The van der Waals surface area contributed by atoms with Crippen LogP contribution in [0.3, 0.4) is 0 Å². The summed E-state index contributed by atoms with van der Waals surface area (Å²) in [6.07, 6.45) is 3.29. The average molecular weight is 275 g/mol. The first kappa shape index (κ1) is 12.4. The molecule has 0 aliphatic heterocycles. The number of hydrogen-bond donors (Lipinski definition) is 0. The molecule has 4 rings (SSSR count). The molecule has 1 aromatic heterocycles. The Morgan fingerprint density at radius 2 is 1.76 bits per heavy atom. The van der Waals surface area contributed by atoms with Crippen LogP contribution in [0, 0.1) is 6.92 Å². The molecular weight excluding hydrogens is 258 g/mol. The van der Waals surface area contributed by atoms with E-state index in [0.29, 0.717) is 0 Å². The van der Waals surface area contributed by atoms with Crippen LogP contribution in [0.15, 0.2) is 48.5 Å². The molecule has 0 saturated heterocycles. The molecule has 0 atom stereocenters. The van der Waals surface area contributed by atoms with Crippen LogP contribution < -0.4 is 4.74 Å². The molecule has 104 valence electrons. The van der Waals surface area contributed by atoms with Crippen molar-refractivity contribution in [1.29, 1.82) is 0 Å². The molecule has 2 aromatic carbocycles. The fourth-order valence-corrected chi connectivity index (χ4v) is 3.06. The number of aryl methyl sites for hydroxylation is 2. The minimum atomic E-state index is 0.933. The normalized spacial score (nSPS) is 13.4. The monoisotopic (exact) mass is 275 g/mol. The van der Waals surface area contributed by atoms with Crippen molar-refractivity contribution in [1.82, 2.24) is 4.98 Å². The number of para-hydroxylation sites is 2. The first-order valence-electron chi connectivity index (χ1n) is 7.47. The molecule has 2 nitrogen and oxygen atoms in total. The fourth-order valence-electron chi connectivity index (χ4n) is 3.06. The molecule has 0 bridgehead atoms. The Balaban J connectivity index is 1.93. The highest BCUT2D eigenvalue weighted by atomic mass is 16.5. The van der Waals surface area contributed by atoms with Crippen molar-refractivity contribution in [3.8, 4) is 11.5 Å². The summed E-state index contributed by atoms with van der Waals surface area (Å²) in [6, 6.07) is 16.4. The minimum Gasteiger partial charge on any atom is -0.456 e. The molecule has 0 fully saturated rings. The Kier molecular flexibility index (Phi) is 2.88. The third-order valence-electron chi connectivity index (χ3n) is 4.17. The zero-order chi connectivity index (χ0) is 14.2. The van der Waals surface area contributed by atoms with Crippen LogP contribution in [0.1, 0.15) is 23.2 Å². The van der Waals surface area contributed by atoms with Crippen molar-refractivity contribution >= 4 is 10.9 Å². The number of ether oxygens (including phenoxy) is 1. The van der Waals surface area contributed by atoms with E-state index in [9.17, 15) is 0 Å². The maximum absolute atomic E-state index is 6.33. The molecule has 3 aromatic rings. The first-order chi connectivity index (χ1) is 10.3. The molecule has 0 radical (unpaired) electrons. The summed E-state index contributed by atoms with van der Waals surface area (Å²) in [6.45, 7) is 2.08. The third-order valence-corrected chi connectivity index (χ3v) is 4.17. The van der Waals surface area contributed by atoms with Gasteiger partial charge in [0.1, 0.15) is 11.5 Å². The summed E-state index contributed by atoms with van der Waals surface area (Å²) in [7, 11) is 0. The third kappa shape index (κ3) is 2.07. The van der Waals surface area contributed by atoms with Gasteiger partial charge >= 0.3 is 0 Å². The zero-order valence-corrected chi connectivity index (χ0v) is 12.1. The van der Waals surface area contributed by atoms with E-state index >= 15 is 0 Å². The summed E-state index contributed by atoms with van der Waals surface area (Å²) in [5, 5.41) is 1.11. The first-order valence-corrected chi connectivity index (χ1v) is 7.47. The Labute approximate surface area is 124 Å². The quantitative estimate of drug-likeness (QED) is 0.668. The van der Waals surface area contributed by atoms with Gasteiger partial charge in [-0.25, -0.2) is 0 Å². The molecule has 21 heavy (non-hydrogen) atoms. The second kappa shape index (κ2) is 4.88. The lowest BCUT2D eigenvalue weighted by Crippen LogP contribution is -1.97. The van der Waals surface area contributed by atoms with E-state index in [2.05, 4.69) is 31.2 Å². The van der Waals surface area contributed by atoms with Gasteiger partial charge in [0.25, 0.3) is 0 Å². The van der Waals surface area contributed by atoms with E-state index in [4.69, 9.17) is 9.72 Å². The van der Waals surface area contributed by atoms with E-state index < -0.39 is 0 Å². The topological polar surface area (TPSA) is 22.1 Å². The molecule has 2 heteroatoms. The highest BCUT2D eigenvalue weighted by molar-refractivity contribution is 5.87. The number of nitrogens with zero attached hydrogens (tertiary/aromatic N) is 1. The van der Waals surface area contributed by atoms with Gasteiger partial charge in [-0.2, -0.15) is 0 Å². The van der Waals surface area contributed by atoms with Crippen molar-refractivity contribution in [2.45, 2.75) is 26.2 Å². The lowest BCUT2D eigenvalue weighted by molar-refractivity contribution is 0.478. The van der Waals surface area contributed by atoms with Crippen molar-refractivity contribution in [3.05, 3.63) is 65.4 Å². The Hall–Kier alpha value is -2.35. The number of rotatable bonds is 2. The zero-order valence-electron chi connectivity index (χ0n) is 12.1. The molecular formula is C19H17NO. The summed E-state index contributed by atoms with van der Waals surface area (Å²) in [4.78, 5) is 4.80. The van der Waals surface area contributed by atoms with Crippen LogP contribution in [0.4, 0.5) is 0 Å². The Bertz CT molecular complexity index is 823. The van der Waals surface area contributed by atoms with E-state index in [0.717, 1.165) is 40.8 Å². The fraction of sp³-hybridized carbons (Fsp3) is 0.211. The summed E-state index contributed by atoms with van der Waals surface area (Å²) < 4.78 is 6.33. The molecule has 1 heterocycles. The Morgan fingerprint density at radius 3 is 2.67 bits per heavy atom. The van der Waals surface area contributed by atoms with E-state index in [-0.39, 0.29) is 0 Å². The maximum atomic E-state index is 6.33. The van der Waals surface area contributed by atoms with Crippen molar-refractivity contribution in [2.75, 3.05) is 0 Å². The number of fused-ring (bicyclic) bond motifs is 2. The summed E-state index contributed by atoms with van der Waals surface area (Å²) in [5.74, 6) is 1.94. The second-order valence-corrected chi connectivity index (χ2v) is 5.60. The van der Waals surface area contributed by atoms with Crippen LogP contribution in [-0.4, -0.2) is 4.98 Å². The van der Waals surface area contributed by atoms with E-state index in [1.165, 1.54) is 17.7 Å². The summed E-state index contributed by atoms with van der Waals surface area (Å²) >= 11 is 0. The van der Waals surface area contributed by atoms with Gasteiger partial charge in [-0.3, -0.25) is 4.98 Å². The molecule has 0 spiro atoms. The predicted molar refractivity (Wildman–Crippen MR) is 85.0 cm³/mol. The number of pyridine rings is 1. The maximum Gasteiger partial charge on any atom is 0.141 e. The lowest BCUT2D eigenvalue weighted by Gasteiger charge is -2.15. The second-order valence-electron chi connectivity index (χ2n) is 5.60. The molecule has 0 saturated carbocycles. The van der Waals surface area contributed by atoms with Gasteiger partial charge in [-0.05, 0) is 49.9 Å². The lowest BCUT2D eigenvalue weighted by atomic mass is 10.1. The number of hydrogen-bond acceptors (Lipinski definition) is 2. The standard InChI is InChI=1S/C19H17NO/c1-13-7-2-5-12-18(13)21-19-14-8-3-4-10-16(14)20-17-11-6-9-15(17)19/h2-5,7-8,10,12H,6,9,11H2,1H3. The highest BCUT2D eigenvalue weighted by Crippen LogP contribution is 2.39. The van der Waals surface area contributed by atoms with Crippen LogP contribution in [0.25, 0.3) is 10.9 Å². The van der Waals surface area contributed by atoms with Gasteiger partial charge in [-0.1, -0.05) is 30.3 Å². The largest absolute Gasteiger partial charge is 0.456 e. The van der Waals surface area contributed by atoms with Gasteiger partial charge in [0.05, 0.1) is 5.52 Å². The smallest absolute Gasteiger partial charge is 0.141 e. The molecule has 1 aliphatic rings. The van der Waals surface area contributed by atoms with E-state index in [1.807, 2.05) is 24.3 Å². The summed E-state index contributed by atoms with van der Waals surface area (Å²) in [5.41, 5.74) is 4.68. The highest BCUT2D eigenvalue weighted by Gasteiger charge is 2.21. The average Bonchev–Trinajstić information content (AvgIpc) is 2.97. The van der Waals surface area contributed by atoms with Crippen LogP contribution >= 0.6 is 0 Å². The predicted octanol–water partition coefficient (Wildman–Crippen LogP) is 4.82. The number of aromatic nitrogens is 1. The molecule has 0 N–H and O–H groups in total. The van der Waals surface area contributed by atoms with Gasteiger partial charge in [0.2, 0.25) is 0 Å². The van der Waals surface area contributed by atoms with Crippen molar-refractivity contribution < 1.29 is 4.74 Å². The van der Waals surface area contributed by atoms with Crippen LogP contribution in [0.5, 0.6) is 11.5 Å². The van der Waals surface area contributed by atoms with Crippen molar-refractivity contribution in [2.24, 2.45) is 0 Å². The Morgan fingerprint density at radius 1 is 0.952 bits per heavy atom. The van der Waals surface area contributed by atoms with Crippen LogP contribution in [-0.2, 0) is 12.8 Å².